The van der Waals surface area contributed by atoms with Crippen LogP contribution in [0.5, 0.6) is 11.5 Å². The van der Waals surface area contributed by atoms with Crippen LogP contribution in [0.15, 0.2) is 48.5 Å². The van der Waals surface area contributed by atoms with E-state index < -0.39 is 24.9 Å². The molecule has 182 valence electrons. The number of hydrogen-bond donors (Lipinski definition) is 1. The van der Waals surface area contributed by atoms with Crippen molar-refractivity contribution in [2.75, 3.05) is 32.1 Å². The lowest BCUT2D eigenvalue weighted by Crippen LogP contribution is -2.49. The molecule has 1 N–H and O–H groups in total. The molecule has 1 amide bonds. The van der Waals surface area contributed by atoms with Crippen LogP contribution in [-0.4, -0.2) is 56.1 Å². The molecule has 1 unspecified atom stereocenters. The molecule has 1 heterocycles. The number of anilines is 1. The zero-order valence-electron chi connectivity index (χ0n) is 17.8. The number of carbonyl (C=O) groups is 1. The first kappa shape index (κ1) is 26.9. The Morgan fingerprint density at radius 1 is 1.21 bits per heavy atom. The Hall–Kier alpha value is -2.36. The summed E-state index contributed by atoms with van der Waals surface area (Å²) in [6.45, 7) is 0.258. The van der Waals surface area contributed by atoms with Gasteiger partial charge in [-0.05, 0) is 55.8 Å². The van der Waals surface area contributed by atoms with Gasteiger partial charge in [-0.2, -0.15) is 13.2 Å². The summed E-state index contributed by atoms with van der Waals surface area (Å²) in [5.41, 5.74) is 0.282. The highest BCUT2D eigenvalue weighted by atomic mass is 35.5. The minimum absolute atomic E-state index is 0. The third-order valence-corrected chi connectivity index (χ3v) is 5.19. The van der Waals surface area contributed by atoms with Crippen molar-refractivity contribution in [2.24, 2.45) is 0 Å². The fraction of sp³-hybridized carbons (Fsp3) is 0.409. The van der Waals surface area contributed by atoms with Crippen molar-refractivity contribution in [3.63, 3.8) is 0 Å². The molecule has 0 spiro atoms. The average Bonchev–Trinajstić information content (AvgIpc) is 2.75. The second-order valence-electron chi connectivity index (χ2n) is 7.39. The van der Waals surface area contributed by atoms with E-state index >= 15 is 0 Å². The Morgan fingerprint density at radius 2 is 1.91 bits per heavy atom. The number of benzene rings is 2. The van der Waals surface area contributed by atoms with Gasteiger partial charge in [0.2, 0.25) is 6.10 Å². The van der Waals surface area contributed by atoms with Gasteiger partial charge in [0.05, 0.1) is 7.11 Å². The molecule has 1 aliphatic heterocycles. The van der Waals surface area contributed by atoms with Gasteiger partial charge in [-0.3, -0.25) is 10.2 Å². The molecular weight excluding hydrogens is 484 g/mol. The summed E-state index contributed by atoms with van der Waals surface area (Å²) in [4.78, 5) is 13.6. The van der Waals surface area contributed by atoms with Gasteiger partial charge in [0, 0.05) is 29.9 Å². The normalized spacial score (nSPS) is 17.4. The number of carbonyl (C=O) groups excluding carboxylic acids is 1. The summed E-state index contributed by atoms with van der Waals surface area (Å²) < 4.78 is 56.5. The summed E-state index contributed by atoms with van der Waals surface area (Å²) in [6, 6.07) is 13.0. The van der Waals surface area contributed by atoms with Gasteiger partial charge in [0.15, 0.2) is 0 Å². The van der Waals surface area contributed by atoms with E-state index in [0.717, 1.165) is 0 Å². The molecule has 3 rings (SSSR count). The lowest BCUT2D eigenvalue weighted by Gasteiger charge is -2.35. The molecule has 0 aromatic heterocycles. The Morgan fingerprint density at radius 3 is 2.58 bits per heavy atom. The zero-order valence-corrected chi connectivity index (χ0v) is 19.4. The lowest BCUT2D eigenvalue weighted by atomic mass is 10.1. The van der Waals surface area contributed by atoms with Gasteiger partial charge in [0.1, 0.15) is 17.6 Å². The lowest BCUT2D eigenvalue weighted by molar-refractivity contribution is -0.207. The van der Waals surface area contributed by atoms with Crippen LogP contribution in [0.1, 0.15) is 12.8 Å². The first-order chi connectivity index (χ1) is 15.2. The van der Waals surface area contributed by atoms with E-state index in [2.05, 4.69) is 5.32 Å². The van der Waals surface area contributed by atoms with E-state index in [4.69, 9.17) is 25.8 Å². The van der Waals surface area contributed by atoms with Crippen LogP contribution >= 0.6 is 24.0 Å². The predicted octanol–water partition coefficient (Wildman–Crippen LogP) is 5.79. The molecule has 1 aliphatic rings. The SMILES string of the molecule is COc1cccc(O[C@H]2CCCN(CC(OC(=O)Nc3ccc(Cl)cc3)C(F)(F)F)C2)c1.Cl. The second-order valence-corrected chi connectivity index (χ2v) is 7.82. The van der Waals surface area contributed by atoms with Crippen LogP contribution in [0.2, 0.25) is 5.02 Å². The number of rotatable bonds is 7. The highest BCUT2D eigenvalue weighted by Crippen LogP contribution is 2.27. The first-order valence-electron chi connectivity index (χ1n) is 10.1. The molecule has 11 heteroatoms. The van der Waals surface area contributed by atoms with Crippen LogP contribution in [0.25, 0.3) is 0 Å². The summed E-state index contributed by atoms with van der Waals surface area (Å²) in [5.74, 6) is 1.22. The summed E-state index contributed by atoms with van der Waals surface area (Å²) in [6.07, 6.45) is -7.08. The molecule has 33 heavy (non-hydrogen) atoms. The number of methoxy groups -OCH3 is 1. The van der Waals surface area contributed by atoms with Crippen LogP contribution < -0.4 is 14.8 Å². The Kier molecular flexibility index (Phi) is 9.94. The van der Waals surface area contributed by atoms with Gasteiger partial charge in [-0.15, -0.1) is 12.4 Å². The molecule has 2 atom stereocenters. The number of hydrogen-bond acceptors (Lipinski definition) is 5. The molecule has 2 aromatic carbocycles. The van der Waals surface area contributed by atoms with Crippen LogP contribution in [0.4, 0.5) is 23.7 Å². The average molecular weight is 509 g/mol. The standard InChI is InChI=1S/C22H24ClF3N2O4.ClH/c1-30-17-4-2-5-18(12-17)31-19-6-3-11-28(13-19)14-20(22(24,25)26)32-21(29)27-16-9-7-15(23)8-10-16;/h2,4-5,7-10,12,19-20H,3,6,11,13-14H2,1H3,(H,27,29);1H/t19-,20?;/m0./s1. The van der Waals surface area contributed by atoms with E-state index in [1.807, 2.05) is 0 Å². The second kappa shape index (κ2) is 12.2. The number of ether oxygens (including phenoxy) is 3. The molecule has 0 radical (unpaired) electrons. The van der Waals surface area contributed by atoms with E-state index in [9.17, 15) is 18.0 Å². The smallest absolute Gasteiger partial charge is 0.426 e. The van der Waals surface area contributed by atoms with E-state index in [1.165, 1.54) is 24.3 Å². The molecule has 0 bridgehead atoms. The molecule has 0 saturated carbocycles. The van der Waals surface area contributed by atoms with E-state index in [0.29, 0.717) is 35.9 Å². The van der Waals surface area contributed by atoms with Crippen molar-refractivity contribution in [1.82, 2.24) is 4.90 Å². The molecule has 6 nitrogen and oxygen atoms in total. The van der Waals surface area contributed by atoms with Crippen molar-refractivity contribution in [1.29, 1.82) is 0 Å². The molecule has 1 saturated heterocycles. The Bertz CT molecular complexity index is 900. The largest absolute Gasteiger partial charge is 0.497 e. The van der Waals surface area contributed by atoms with Crippen LogP contribution in [0, 0.1) is 0 Å². The van der Waals surface area contributed by atoms with Gasteiger partial charge < -0.3 is 14.2 Å². The number of nitrogens with zero attached hydrogens (tertiary/aromatic N) is 1. The molecular formula is C22H25Cl2F3N2O4. The zero-order chi connectivity index (χ0) is 23.1. The number of likely N-dealkylation sites (tertiary alicyclic amines) is 1. The van der Waals surface area contributed by atoms with Crippen molar-refractivity contribution >= 4 is 35.8 Å². The quantitative estimate of drug-likeness (QED) is 0.512. The van der Waals surface area contributed by atoms with Crippen molar-refractivity contribution in [3.05, 3.63) is 53.6 Å². The monoisotopic (exact) mass is 508 g/mol. The predicted molar refractivity (Wildman–Crippen MR) is 122 cm³/mol. The Labute approximate surface area is 201 Å². The van der Waals surface area contributed by atoms with Gasteiger partial charge >= 0.3 is 12.3 Å². The van der Waals surface area contributed by atoms with Crippen LogP contribution in [-0.2, 0) is 4.74 Å². The number of halogens is 5. The minimum atomic E-state index is -4.71. The Balaban J connectivity index is 0.00000385. The number of piperidine rings is 1. The number of amides is 1. The molecule has 0 aliphatic carbocycles. The minimum Gasteiger partial charge on any atom is -0.497 e. The van der Waals surface area contributed by atoms with Crippen LogP contribution in [0.3, 0.4) is 0 Å². The third-order valence-electron chi connectivity index (χ3n) is 4.94. The third kappa shape index (κ3) is 8.49. The maximum absolute atomic E-state index is 13.6. The molecule has 2 aromatic rings. The fourth-order valence-electron chi connectivity index (χ4n) is 3.39. The molecule has 1 fully saturated rings. The highest BCUT2D eigenvalue weighted by Gasteiger charge is 2.44. The number of nitrogens with one attached hydrogen (secondary N) is 1. The maximum Gasteiger partial charge on any atom is 0.426 e. The van der Waals surface area contributed by atoms with E-state index in [1.54, 1.807) is 36.3 Å². The summed E-state index contributed by atoms with van der Waals surface area (Å²) in [5, 5.41) is 2.72. The summed E-state index contributed by atoms with van der Waals surface area (Å²) in [7, 11) is 1.54. The van der Waals surface area contributed by atoms with Crippen molar-refractivity contribution in [3.8, 4) is 11.5 Å². The topological polar surface area (TPSA) is 60.0 Å². The van der Waals surface area contributed by atoms with Gasteiger partial charge in [0.25, 0.3) is 0 Å². The van der Waals surface area contributed by atoms with E-state index in [-0.39, 0.29) is 30.7 Å². The number of alkyl halides is 3. The van der Waals surface area contributed by atoms with Crippen molar-refractivity contribution in [2.45, 2.75) is 31.2 Å². The highest BCUT2D eigenvalue weighted by molar-refractivity contribution is 6.30. The van der Waals surface area contributed by atoms with Crippen molar-refractivity contribution < 1.29 is 32.2 Å². The van der Waals surface area contributed by atoms with Gasteiger partial charge in [-0.25, -0.2) is 4.79 Å². The summed E-state index contributed by atoms with van der Waals surface area (Å²) >= 11 is 5.76. The maximum atomic E-state index is 13.6. The van der Waals surface area contributed by atoms with Gasteiger partial charge in [-0.1, -0.05) is 17.7 Å². The fourth-order valence-corrected chi connectivity index (χ4v) is 3.52. The first-order valence-corrected chi connectivity index (χ1v) is 10.4.